The molecule has 0 aromatic heterocycles. The molecule has 106 valence electrons. The van der Waals surface area contributed by atoms with Crippen LogP contribution in [0.4, 0.5) is 0 Å². The third-order valence-corrected chi connectivity index (χ3v) is 2.59. The smallest absolute Gasteiger partial charge is 0.394 e. The quantitative estimate of drug-likeness (QED) is 0.260. The largest absolute Gasteiger partial charge is 0.695 e. The van der Waals surface area contributed by atoms with Gasteiger partial charge in [-0.2, -0.15) is 0 Å². The van der Waals surface area contributed by atoms with Gasteiger partial charge >= 0.3 is 8.25 Å². The molecular formula is C8H18N2O7P+. The van der Waals surface area contributed by atoms with Gasteiger partial charge in [0, 0.05) is 18.0 Å². The first-order valence-corrected chi connectivity index (χ1v) is 6.23. The van der Waals surface area contributed by atoms with Crippen LogP contribution in [0.15, 0.2) is 0 Å². The highest BCUT2D eigenvalue weighted by Gasteiger charge is 2.39. The van der Waals surface area contributed by atoms with Gasteiger partial charge in [-0.3, -0.25) is 4.79 Å². The van der Waals surface area contributed by atoms with Crippen LogP contribution in [0.2, 0.25) is 0 Å². The number of hydrogen-bond acceptors (Lipinski definition) is 7. The SMILES string of the molecule is CC(=O)NC(CN)C(O)C(O[P+](=O)O)C(O)CO. The van der Waals surface area contributed by atoms with Crippen LogP contribution in [0.3, 0.4) is 0 Å². The molecule has 5 atom stereocenters. The maximum absolute atomic E-state index is 10.9. The first-order valence-electron chi connectivity index (χ1n) is 5.10. The second kappa shape index (κ2) is 8.44. The highest BCUT2D eigenvalue weighted by atomic mass is 31.1. The van der Waals surface area contributed by atoms with Crippen molar-refractivity contribution < 1.29 is 34.1 Å². The summed E-state index contributed by atoms with van der Waals surface area (Å²) in [5, 5.41) is 30.3. The Morgan fingerprint density at radius 1 is 1.50 bits per heavy atom. The van der Waals surface area contributed by atoms with Crippen LogP contribution >= 0.6 is 8.25 Å². The molecule has 0 aromatic rings. The molecule has 18 heavy (non-hydrogen) atoms. The molecule has 10 heteroatoms. The molecule has 0 saturated carbocycles. The first-order chi connectivity index (χ1) is 8.33. The Bertz CT molecular complexity index is 291. The van der Waals surface area contributed by atoms with E-state index < -0.39 is 45.1 Å². The molecule has 0 fully saturated rings. The summed E-state index contributed by atoms with van der Waals surface area (Å²) in [5.41, 5.74) is 5.32. The van der Waals surface area contributed by atoms with Crippen LogP contribution in [0, 0.1) is 0 Å². The lowest BCUT2D eigenvalue weighted by Crippen LogP contribution is -2.55. The van der Waals surface area contributed by atoms with Crippen molar-refractivity contribution in [2.75, 3.05) is 13.2 Å². The van der Waals surface area contributed by atoms with E-state index >= 15 is 0 Å². The lowest BCUT2D eigenvalue weighted by Gasteiger charge is -2.27. The summed E-state index contributed by atoms with van der Waals surface area (Å²) in [7, 11) is -3.10. The summed E-state index contributed by atoms with van der Waals surface area (Å²) in [6, 6.07) is -0.983. The molecular weight excluding hydrogens is 267 g/mol. The molecule has 1 amide bonds. The van der Waals surface area contributed by atoms with Gasteiger partial charge in [-0.15, -0.1) is 9.42 Å². The van der Waals surface area contributed by atoms with Gasteiger partial charge in [0.1, 0.15) is 12.2 Å². The van der Waals surface area contributed by atoms with Gasteiger partial charge in [0.15, 0.2) is 6.10 Å². The Balaban J connectivity index is 4.83. The molecule has 0 aliphatic heterocycles. The van der Waals surface area contributed by atoms with Crippen molar-refractivity contribution in [3.8, 4) is 0 Å². The molecule has 0 aromatic carbocycles. The molecule has 0 heterocycles. The number of rotatable bonds is 8. The monoisotopic (exact) mass is 285 g/mol. The lowest BCUT2D eigenvalue weighted by molar-refractivity contribution is -0.122. The number of carbonyl (C=O) groups excluding carboxylic acids is 1. The van der Waals surface area contributed by atoms with Crippen LogP contribution in [0.1, 0.15) is 6.92 Å². The normalized spacial score (nSPS) is 18.7. The molecule has 0 spiro atoms. The maximum atomic E-state index is 10.9. The average molecular weight is 285 g/mol. The highest BCUT2D eigenvalue weighted by molar-refractivity contribution is 7.32. The van der Waals surface area contributed by atoms with Gasteiger partial charge in [0.2, 0.25) is 5.91 Å². The van der Waals surface area contributed by atoms with Crippen molar-refractivity contribution in [3.63, 3.8) is 0 Å². The average Bonchev–Trinajstić information content (AvgIpc) is 2.30. The van der Waals surface area contributed by atoms with Crippen molar-refractivity contribution in [1.29, 1.82) is 0 Å². The van der Waals surface area contributed by atoms with E-state index in [2.05, 4.69) is 9.84 Å². The van der Waals surface area contributed by atoms with Crippen molar-refractivity contribution in [1.82, 2.24) is 5.32 Å². The van der Waals surface area contributed by atoms with Crippen molar-refractivity contribution >= 4 is 14.2 Å². The molecule has 7 N–H and O–H groups in total. The second-order valence-corrected chi connectivity index (χ2v) is 4.28. The van der Waals surface area contributed by atoms with E-state index in [-0.39, 0.29) is 6.54 Å². The molecule has 0 rings (SSSR count). The minimum absolute atomic E-state index is 0.180. The topological polar surface area (TPSA) is 162 Å². The zero-order valence-corrected chi connectivity index (χ0v) is 10.7. The lowest BCUT2D eigenvalue weighted by atomic mass is 10.0. The summed E-state index contributed by atoms with van der Waals surface area (Å²) >= 11 is 0. The fourth-order valence-corrected chi connectivity index (χ4v) is 1.82. The second-order valence-electron chi connectivity index (χ2n) is 3.59. The first kappa shape index (κ1) is 17.3. The van der Waals surface area contributed by atoms with E-state index in [1.807, 2.05) is 0 Å². The van der Waals surface area contributed by atoms with Crippen molar-refractivity contribution in [2.24, 2.45) is 5.73 Å². The van der Waals surface area contributed by atoms with Gasteiger partial charge in [-0.1, -0.05) is 0 Å². The molecule has 0 saturated heterocycles. The Morgan fingerprint density at radius 3 is 2.39 bits per heavy atom. The van der Waals surface area contributed by atoms with Crippen molar-refractivity contribution in [2.45, 2.75) is 31.3 Å². The fraction of sp³-hybridized carbons (Fsp3) is 0.875. The predicted octanol–water partition coefficient (Wildman–Crippen LogP) is -2.80. The van der Waals surface area contributed by atoms with Gasteiger partial charge < -0.3 is 26.4 Å². The number of nitrogens with two attached hydrogens (primary N) is 1. The van der Waals surface area contributed by atoms with E-state index in [0.29, 0.717) is 0 Å². The Kier molecular flexibility index (Phi) is 8.12. The summed E-state index contributed by atoms with van der Waals surface area (Å²) in [6.07, 6.45) is -4.69. The maximum Gasteiger partial charge on any atom is 0.695 e. The predicted molar refractivity (Wildman–Crippen MR) is 60.5 cm³/mol. The van der Waals surface area contributed by atoms with Gasteiger partial charge in [0.25, 0.3) is 0 Å². The number of carbonyl (C=O) groups is 1. The highest BCUT2D eigenvalue weighted by Crippen LogP contribution is 2.23. The van der Waals surface area contributed by atoms with Gasteiger partial charge in [-0.05, 0) is 0 Å². The number of aliphatic hydroxyl groups excluding tert-OH is 3. The summed E-state index contributed by atoms with van der Waals surface area (Å²) < 4.78 is 15.0. The minimum atomic E-state index is -3.10. The Labute approximate surface area is 105 Å². The van der Waals surface area contributed by atoms with Crippen molar-refractivity contribution in [3.05, 3.63) is 0 Å². The zero-order valence-electron chi connectivity index (χ0n) is 9.76. The summed E-state index contributed by atoms with van der Waals surface area (Å²) in [5.74, 6) is -0.477. The van der Waals surface area contributed by atoms with Gasteiger partial charge in [0.05, 0.1) is 12.6 Å². The Hall–Kier alpha value is -0.670. The van der Waals surface area contributed by atoms with E-state index in [1.54, 1.807) is 0 Å². The molecule has 0 aliphatic carbocycles. The summed E-state index contributed by atoms with van der Waals surface area (Å²) in [4.78, 5) is 19.5. The van der Waals surface area contributed by atoms with E-state index in [9.17, 15) is 19.6 Å². The number of nitrogens with one attached hydrogen (secondary N) is 1. The van der Waals surface area contributed by atoms with E-state index in [1.165, 1.54) is 6.92 Å². The van der Waals surface area contributed by atoms with Crippen LogP contribution < -0.4 is 11.1 Å². The molecule has 0 bridgehead atoms. The molecule has 0 aliphatic rings. The zero-order chi connectivity index (χ0) is 14.3. The fourth-order valence-electron chi connectivity index (χ4n) is 1.34. The molecule has 9 nitrogen and oxygen atoms in total. The van der Waals surface area contributed by atoms with Crippen LogP contribution in [-0.4, -0.2) is 63.6 Å². The van der Waals surface area contributed by atoms with Crippen LogP contribution in [0.25, 0.3) is 0 Å². The Morgan fingerprint density at radius 2 is 2.06 bits per heavy atom. The molecule has 0 radical (unpaired) electrons. The number of hydrogen-bond donors (Lipinski definition) is 6. The minimum Gasteiger partial charge on any atom is -0.394 e. The third-order valence-electron chi connectivity index (χ3n) is 2.17. The standard InChI is InChI=1S/C8H17N2O7P/c1-4(12)10-5(2-9)7(14)8(6(13)3-11)17-18(15)16/h5-8,11,13-14H,2-3,9H2,1H3,(H-,10,12,15,16)/p+1. The van der Waals surface area contributed by atoms with E-state index in [4.69, 9.17) is 15.7 Å². The van der Waals surface area contributed by atoms with E-state index in [0.717, 1.165) is 0 Å². The number of aliphatic hydroxyl groups is 3. The van der Waals surface area contributed by atoms with Crippen LogP contribution in [-0.2, 0) is 13.9 Å². The number of amides is 1. The third kappa shape index (κ3) is 5.78. The summed E-state index contributed by atoms with van der Waals surface area (Å²) in [6.45, 7) is 0.226. The van der Waals surface area contributed by atoms with Gasteiger partial charge in [-0.25, -0.2) is 0 Å². The molecule has 5 unspecified atom stereocenters. The van der Waals surface area contributed by atoms with Crippen LogP contribution in [0.5, 0.6) is 0 Å².